The van der Waals surface area contributed by atoms with Crippen molar-refractivity contribution in [2.45, 2.75) is 156 Å². The predicted molar refractivity (Wildman–Crippen MR) is 301 cm³/mol. The molecule has 7 aromatic rings. The van der Waals surface area contributed by atoms with Gasteiger partial charge < -0.3 is 4.74 Å². The van der Waals surface area contributed by atoms with Crippen LogP contribution in [0.15, 0.2) is 121 Å². The van der Waals surface area contributed by atoms with Crippen LogP contribution in [0, 0.1) is 0 Å². The number of benzene rings is 6. The number of hydrogen-bond donors (Lipinski definition) is 0. The van der Waals surface area contributed by atoms with Crippen LogP contribution in [0.4, 0.5) is 51.7 Å². The van der Waals surface area contributed by atoms with E-state index in [4.69, 9.17) is 14.7 Å². The van der Waals surface area contributed by atoms with Gasteiger partial charge in [0.15, 0.2) is 11.5 Å². The fraction of sp³-hybridized carbons (Fsp3) is 0.375. The summed E-state index contributed by atoms with van der Waals surface area (Å²) >= 11 is 0. The van der Waals surface area contributed by atoms with Crippen molar-refractivity contribution in [3.05, 3.63) is 155 Å². The van der Waals surface area contributed by atoms with Gasteiger partial charge in [0, 0.05) is 28.2 Å². The van der Waals surface area contributed by atoms with Crippen LogP contribution < -0.4 is 35.8 Å². The second kappa shape index (κ2) is 15.6. The zero-order valence-corrected chi connectivity index (χ0v) is 45.2. The maximum atomic E-state index is 6.96. The summed E-state index contributed by atoms with van der Waals surface area (Å²) in [5.41, 5.74) is 17.5. The van der Waals surface area contributed by atoms with E-state index in [-0.39, 0.29) is 39.2 Å². The van der Waals surface area contributed by atoms with Crippen LogP contribution in [0.3, 0.4) is 0 Å². The number of para-hydroxylation sites is 2. The molecule has 0 unspecified atom stereocenters. The van der Waals surface area contributed by atoms with Crippen molar-refractivity contribution in [2.24, 2.45) is 0 Å². The highest BCUT2D eigenvalue weighted by atomic mass is 16.5. The molecular weight excluding hydrogens is 866 g/mol. The van der Waals surface area contributed by atoms with E-state index in [2.05, 4.69) is 247 Å². The molecule has 3 aliphatic heterocycles. The summed E-state index contributed by atoms with van der Waals surface area (Å²) in [4.78, 5) is 19.1. The van der Waals surface area contributed by atoms with Crippen molar-refractivity contribution < 1.29 is 4.74 Å². The zero-order valence-electron chi connectivity index (χ0n) is 45.2. The number of fused-ring (bicyclic) bond motifs is 7. The molecule has 4 aliphatic rings. The highest BCUT2D eigenvalue weighted by Gasteiger charge is 2.48. The molecule has 362 valence electrons. The molecule has 6 aromatic carbocycles. The Morgan fingerprint density at radius 1 is 0.437 bits per heavy atom. The number of anilines is 9. The van der Waals surface area contributed by atoms with Crippen LogP contribution in [0.25, 0.3) is 0 Å². The number of ether oxygens (including phenoxy) is 1. The molecule has 0 spiro atoms. The van der Waals surface area contributed by atoms with Crippen LogP contribution in [0.2, 0.25) is 0 Å². The smallest absolute Gasteiger partial charge is 0.256 e. The number of hydrogen-bond acceptors (Lipinski definition) is 6. The van der Waals surface area contributed by atoms with E-state index >= 15 is 0 Å². The Labute approximate surface area is 424 Å². The lowest BCUT2D eigenvalue weighted by molar-refractivity contribution is 0.330. The second-order valence-corrected chi connectivity index (χ2v) is 26.4. The molecule has 0 bridgehead atoms. The van der Waals surface area contributed by atoms with Gasteiger partial charge in [-0.2, -0.15) is 9.97 Å². The molecule has 0 N–H and O–H groups in total. The maximum absolute atomic E-state index is 6.96. The molecule has 0 radical (unpaired) electrons. The largest absolute Gasteiger partial charge is 0.453 e. The van der Waals surface area contributed by atoms with Crippen molar-refractivity contribution in [1.29, 1.82) is 0 Å². The Morgan fingerprint density at radius 2 is 0.859 bits per heavy atom. The predicted octanol–water partition coefficient (Wildman–Crippen LogP) is 15.7. The van der Waals surface area contributed by atoms with Gasteiger partial charge in [-0.25, -0.2) is 0 Å². The first kappa shape index (κ1) is 47.0. The average molecular weight is 938 g/mol. The standard InChI is InChI=1S/C64H72BN5O/c1-59(2,3)39-21-27-43(28-22-39)68-49-31-25-41(61(7,8)9)35-47(49)65-48-36-42(62(10,11)12)26-32-50(48)69(44-29-23-40(24-30-44)60(4,5)6)57-55(65)56(68)66-58(67-57)70-51-19-17-18-20-53(51)71-54-38-46-45(37-52(54)70)63(13,14)33-34-64(46,15)16/h17-32,35-38H,33-34H2,1-16H3. The molecule has 1 aliphatic carbocycles. The number of nitrogens with zero attached hydrogens (tertiary/aromatic N) is 5. The van der Waals surface area contributed by atoms with E-state index in [1.165, 1.54) is 44.3 Å². The van der Waals surface area contributed by atoms with Crippen LogP contribution >= 0.6 is 0 Å². The van der Waals surface area contributed by atoms with Gasteiger partial charge in [0.25, 0.3) is 6.71 Å². The summed E-state index contributed by atoms with van der Waals surface area (Å²) in [5.74, 6) is 3.96. The van der Waals surface area contributed by atoms with E-state index in [1.54, 1.807) is 0 Å². The highest BCUT2D eigenvalue weighted by Crippen LogP contribution is 2.56. The van der Waals surface area contributed by atoms with Crippen LogP contribution in [-0.2, 0) is 32.5 Å². The summed E-state index contributed by atoms with van der Waals surface area (Å²) in [7, 11) is 0. The topological polar surface area (TPSA) is 44.7 Å². The molecule has 6 nitrogen and oxygen atoms in total. The SMILES string of the molecule is CC(C)(C)c1ccc(N2c3ccc(C(C)(C)C)cc3B3c4cc(C(C)(C)C)ccc4N(c4ccc(C(C)(C)C)cc4)c4nc(N5c6ccccc6Oc6cc7c(cc65)C(C)(C)CCC7(C)C)nc2c43)cc1. The summed E-state index contributed by atoms with van der Waals surface area (Å²) < 4.78 is 6.96. The molecule has 7 heteroatoms. The van der Waals surface area contributed by atoms with Gasteiger partial charge in [-0.1, -0.05) is 171 Å². The molecular formula is C64H72BN5O. The molecule has 0 atom stereocenters. The average Bonchev–Trinajstić information content (AvgIpc) is 3.30. The maximum Gasteiger partial charge on any atom is 0.256 e. The molecule has 0 fully saturated rings. The summed E-state index contributed by atoms with van der Waals surface area (Å²) in [6.45, 7) is 37.0. The van der Waals surface area contributed by atoms with Crippen LogP contribution in [-0.4, -0.2) is 16.7 Å². The minimum absolute atomic E-state index is 0.000879. The quantitative estimate of drug-likeness (QED) is 0.165. The zero-order chi connectivity index (χ0) is 50.5. The number of aromatic nitrogens is 2. The minimum atomic E-state index is -0.154. The monoisotopic (exact) mass is 938 g/mol. The van der Waals surface area contributed by atoms with Crippen molar-refractivity contribution in [1.82, 2.24) is 9.97 Å². The first-order valence-corrected chi connectivity index (χ1v) is 26.0. The molecule has 0 saturated carbocycles. The first-order chi connectivity index (χ1) is 33.2. The van der Waals surface area contributed by atoms with Crippen LogP contribution in [0.1, 0.15) is 157 Å². The van der Waals surface area contributed by atoms with Gasteiger partial charge in [0.1, 0.15) is 11.6 Å². The minimum Gasteiger partial charge on any atom is -0.453 e. The molecule has 0 saturated heterocycles. The van der Waals surface area contributed by atoms with Gasteiger partial charge in [-0.05, 0) is 150 Å². The fourth-order valence-electron chi connectivity index (χ4n) is 11.5. The molecule has 1 aromatic heterocycles. The lowest BCUT2D eigenvalue weighted by atomic mass is 9.33. The second-order valence-electron chi connectivity index (χ2n) is 26.4. The van der Waals surface area contributed by atoms with Crippen molar-refractivity contribution in [3.8, 4) is 11.5 Å². The van der Waals surface area contributed by atoms with Crippen molar-refractivity contribution in [3.63, 3.8) is 0 Å². The third-order valence-electron chi connectivity index (χ3n) is 16.2. The van der Waals surface area contributed by atoms with E-state index in [9.17, 15) is 0 Å². The Balaban J connectivity index is 1.27. The van der Waals surface area contributed by atoms with Crippen molar-refractivity contribution in [2.75, 3.05) is 14.7 Å². The first-order valence-electron chi connectivity index (χ1n) is 26.0. The summed E-state index contributed by atoms with van der Waals surface area (Å²) in [6.07, 6.45) is 2.21. The van der Waals surface area contributed by atoms with E-state index in [1.807, 2.05) is 0 Å². The van der Waals surface area contributed by atoms with Crippen LogP contribution in [0.5, 0.6) is 11.5 Å². The van der Waals surface area contributed by atoms with E-state index < -0.39 is 0 Å². The summed E-state index contributed by atoms with van der Waals surface area (Å²) in [6, 6.07) is 45.9. The summed E-state index contributed by atoms with van der Waals surface area (Å²) in [5, 5.41) is 0. The molecule has 11 rings (SSSR count). The van der Waals surface area contributed by atoms with E-state index in [0.29, 0.717) is 5.95 Å². The van der Waals surface area contributed by atoms with Gasteiger partial charge in [0.2, 0.25) is 5.95 Å². The third-order valence-corrected chi connectivity index (χ3v) is 16.2. The van der Waals surface area contributed by atoms with Gasteiger partial charge in [0.05, 0.1) is 11.4 Å². The Morgan fingerprint density at radius 3 is 1.31 bits per heavy atom. The molecule has 4 heterocycles. The lowest BCUT2D eigenvalue weighted by Gasteiger charge is -2.45. The normalized spacial score (nSPS) is 16.6. The number of rotatable bonds is 3. The molecule has 0 amide bonds. The van der Waals surface area contributed by atoms with Crippen molar-refractivity contribution >= 4 is 74.8 Å². The third kappa shape index (κ3) is 7.67. The lowest BCUT2D eigenvalue weighted by Crippen LogP contribution is -2.62. The highest BCUT2D eigenvalue weighted by molar-refractivity contribution is 7.00. The van der Waals surface area contributed by atoms with E-state index in [0.717, 1.165) is 75.6 Å². The Hall–Kier alpha value is -6.34. The Bertz CT molecular complexity index is 3140. The van der Waals surface area contributed by atoms with Gasteiger partial charge in [-0.3, -0.25) is 14.7 Å². The Kier molecular flexibility index (Phi) is 10.3. The molecule has 71 heavy (non-hydrogen) atoms. The van der Waals surface area contributed by atoms with Gasteiger partial charge in [-0.15, -0.1) is 0 Å². The van der Waals surface area contributed by atoms with Gasteiger partial charge >= 0.3 is 0 Å². The fourth-order valence-corrected chi connectivity index (χ4v) is 11.5.